The molecule has 0 aliphatic rings. The van der Waals surface area contributed by atoms with Crippen LogP contribution in [0.1, 0.15) is 0 Å². The van der Waals surface area contributed by atoms with E-state index in [4.69, 9.17) is 4.74 Å². The first kappa shape index (κ1) is 12.0. The zero-order chi connectivity index (χ0) is 13.2. The van der Waals surface area contributed by atoms with Gasteiger partial charge >= 0.3 is 0 Å². The molecule has 0 radical (unpaired) electrons. The molecule has 0 spiro atoms. The third-order valence-electron chi connectivity index (χ3n) is 2.56. The van der Waals surface area contributed by atoms with Crippen molar-refractivity contribution in [1.29, 1.82) is 0 Å². The number of rotatable bonds is 2. The highest BCUT2D eigenvalue weighted by Crippen LogP contribution is 2.30. The summed E-state index contributed by atoms with van der Waals surface area (Å²) >= 11 is 3.14. The summed E-state index contributed by atoms with van der Waals surface area (Å²) in [4.78, 5) is 8.55. The molecule has 2 aromatic carbocycles. The fourth-order valence-corrected chi connectivity index (χ4v) is 2.01. The van der Waals surface area contributed by atoms with Crippen molar-refractivity contribution >= 4 is 27.0 Å². The van der Waals surface area contributed by atoms with Gasteiger partial charge in [0.2, 0.25) is 5.88 Å². The summed E-state index contributed by atoms with van der Waals surface area (Å²) in [6, 6.07) is 12.1. The highest BCUT2D eigenvalue weighted by Gasteiger charge is 2.08. The number of aromatic nitrogens is 2. The third-order valence-corrected chi connectivity index (χ3v) is 3.33. The monoisotopic (exact) mass is 318 g/mol. The molecule has 0 aliphatic carbocycles. The van der Waals surface area contributed by atoms with Crippen LogP contribution in [0, 0.1) is 5.82 Å². The summed E-state index contributed by atoms with van der Waals surface area (Å²) in [5, 5.41) is 0. The van der Waals surface area contributed by atoms with Gasteiger partial charge in [0.1, 0.15) is 11.6 Å². The number of hydrogen-bond acceptors (Lipinski definition) is 3. The van der Waals surface area contributed by atoms with Gasteiger partial charge in [-0.3, -0.25) is 0 Å². The molecule has 0 bridgehead atoms. The largest absolute Gasteiger partial charge is 0.436 e. The van der Waals surface area contributed by atoms with Crippen LogP contribution in [0.5, 0.6) is 11.6 Å². The van der Waals surface area contributed by atoms with Gasteiger partial charge in [-0.15, -0.1) is 0 Å². The third kappa shape index (κ3) is 2.42. The second-order valence-corrected chi connectivity index (χ2v) is 4.64. The van der Waals surface area contributed by atoms with E-state index in [9.17, 15) is 4.39 Å². The van der Waals surface area contributed by atoms with Crippen molar-refractivity contribution in [1.82, 2.24) is 9.97 Å². The Kier molecular flexibility index (Phi) is 3.13. The van der Waals surface area contributed by atoms with E-state index in [1.807, 2.05) is 24.3 Å². The van der Waals surface area contributed by atoms with Crippen molar-refractivity contribution in [2.45, 2.75) is 0 Å². The van der Waals surface area contributed by atoms with E-state index in [1.165, 1.54) is 12.3 Å². The van der Waals surface area contributed by atoms with Gasteiger partial charge in [-0.05, 0) is 40.2 Å². The maximum atomic E-state index is 13.4. The zero-order valence-electron chi connectivity index (χ0n) is 9.68. The normalized spacial score (nSPS) is 10.6. The van der Waals surface area contributed by atoms with Crippen LogP contribution in [0.15, 0.2) is 53.1 Å². The van der Waals surface area contributed by atoms with Crippen LogP contribution in [-0.4, -0.2) is 9.97 Å². The Morgan fingerprint density at radius 1 is 1.00 bits per heavy atom. The first-order valence-electron chi connectivity index (χ1n) is 5.58. The number of benzene rings is 2. The molecule has 0 atom stereocenters. The molecule has 0 saturated heterocycles. The lowest BCUT2D eigenvalue weighted by molar-refractivity contribution is 0.454. The maximum Gasteiger partial charge on any atom is 0.238 e. The lowest BCUT2D eigenvalue weighted by Gasteiger charge is -2.07. The van der Waals surface area contributed by atoms with E-state index < -0.39 is 0 Å². The molecule has 0 aliphatic heterocycles. The van der Waals surface area contributed by atoms with Crippen LogP contribution < -0.4 is 4.74 Å². The minimum absolute atomic E-state index is 0.268. The average Bonchev–Trinajstić information content (AvgIpc) is 2.44. The molecule has 3 nitrogen and oxygen atoms in total. The van der Waals surface area contributed by atoms with Crippen molar-refractivity contribution in [2.75, 3.05) is 0 Å². The Bertz CT molecular complexity index is 748. The molecule has 0 fully saturated rings. The van der Waals surface area contributed by atoms with Crippen LogP contribution in [0.3, 0.4) is 0 Å². The number of halogens is 2. The molecule has 0 N–H and O–H groups in total. The van der Waals surface area contributed by atoms with Gasteiger partial charge in [0.15, 0.2) is 0 Å². The number of para-hydroxylation sites is 2. The Hall–Kier alpha value is -2.01. The number of hydrogen-bond donors (Lipinski definition) is 0. The summed E-state index contributed by atoms with van der Waals surface area (Å²) in [6.07, 6.45) is 1.51. The van der Waals surface area contributed by atoms with Gasteiger partial charge in [0.25, 0.3) is 0 Å². The van der Waals surface area contributed by atoms with Crippen molar-refractivity contribution in [3.8, 4) is 11.6 Å². The molecule has 19 heavy (non-hydrogen) atoms. The molecular weight excluding hydrogens is 311 g/mol. The van der Waals surface area contributed by atoms with Gasteiger partial charge in [-0.25, -0.2) is 14.4 Å². The molecule has 1 aromatic heterocycles. The minimum atomic E-state index is -0.383. The number of nitrogens with zero attached hydrogens (tertiary/aromatic N) is 2. The van der Waals surface area contributed by atoms with E-state index in [0.29, 0.717) is 11.6 Å². The second-order valence-electron chi connectivity index (χ2n) is 3.85. The standard InChI is InChI=1S/C14H8BrFN2O/c15-14-9(16)4-3-7-12(14)19-13-8-17-10-5-1-2-6-11(10)18-13/h1-8H. The molecular formula is C14H8BrFN2O. The predicted octanol–water partition coefficient (Wildman–Crippen LogP) is 4.32. The van der Waals surface area contributed by atoms with Crippen molar-refractivity contribution in [3.05, 3.63) is 59.0 Å². The predicted molar refractivity (Wildman–Crippen MR) is 73.7 cm³/mol. The Morgan fingerprint density at radius 2 is 1.79 bits per heavy atom. The van der Waals surface area contributed by atoms with Crippen LogP contribution in [0.25, 0.3) is 11.0 Å². The van der Waals surface area contributed by atoms with Gasteiger partial charge in [0.05, 0.1) is 21.7 Å². The first-order valence-corrected chi connectivity index (χ1v) is 6.37. The zero-order valence-corrected chi connectivity index (χ0v) is 11.3. The minimum Gasteiger partial charge on any atom is -0.436 e. The summed E-state index contributed by atoms with van der Waals surface area (Å²) < 4.78 is 19.2. The Morgan fingerprint density at radius 3 is 2.63 bits per heavy atom. The van der Waals surface area contributed by atoms with Crippen molar-refractivity contribution in [3.63, 3.8) is 0 Å². The lowest BCUT2D eigenvalue weighted by Crippen LogP contribution is -1.92. The van der Waals surface area contributed by atoms with Crippen LogP contribution in [0.2, 0.25) is 0 Å². The van der Waals surface area contributed by atoms with E-state index in [-0.39, 0.29) is 10.3 Å². The molecule has 94 valence electrons. The van der Waals surface area contributed by atoms with Crippen molar-refractivity contribution < 1.29 is 9.13 Å². The summed E-state index contributed by atoms with van der Waals surface area (Å²) in [6.45, 7) is 0. The lowest BCUT2D eigenvalue weighted by atomic mass is 10.3. The van der Waals surface area contributed by atoms with Crippen molar-refractivity contribution in [2.24, 2.45) is 0 Å². The fourth-order valence-electron chi connectivity index (χ4n) is 1.66. The Labute approximate surface area is 117 Å². The fraction of sp³-hybridized carbons (Fsp3) is 0. The first-order chi connectivity index (χ1) is 9.24. The summed E-state index contributed by atoms with van der Waals surface area (Å²) in [7, 11) is 0. The van der Waals surface area contributed by atoms with E-state index in [2.05, 4.69) is 25.9 Å². The van der Waals surface area contributed by atoms with E-state index in [1.54, 1.807) is 12.1 Å². The topological polar surface area (TPSA) is 35.0 Å². The summed E-state index contributed by atoms with van der Waals surface area (Å²) in [5.41, 5.74) is 1.51. The molecule has 1 heterocycles. The molecule has 0 unspecified atom stereocenters. The second kappa shape index (κ2) is 4.93. The SMILES string of the molecule is Fc1cccc(Oc2cnc3ccccc3n2)c1Br. The molecule has 0 amide bonds. The molecule has 3 aromatic rings. The Balaban J connectivity index is 1.99. The van der Waals surface area contributed by atoms with Crippen LogP contribution in [0.4, 0.5) is 4.39 Å². The molecule has 3 rings (SSSR count). The highest BCUT2D eigenvalue weighted by atomic mass is 79.9. The summed E-state index contributed by atoms with van der Waals surface area (Å²) in [5.74, 6) is 0.306. The van der Waals surface area contributed by atoms with Gasteiger partial charge in [-0.2, -0.15) is 0 Å². The maximum absolute atomic E-state index is 13.4. The number of ether oxygens (including phenoxy) is 1. The average molecular weight is 319 g/mol. The molecule has 0 saturated carbocycles. The van der Waals surface area contributed by atoms with Crippen LogP contribution in [-0.2, 0) is 0 Å². The highest BCUT2D eigenvalue weighted by molar-refractivity contribution is 9.10. The number of fused-ring (bicyclic) bond motifs is 1. The smallest absolute Gasteiger partial charge is 0.238 e. The van der Waals surface area contributed by atoms with Gasteiger partial charge in [0, 0.05) is 0 Å². The van der Waals surface area contributed by atoms with Crippen LogP contribution >= 0.6 is 15.9 Å². The van der Waals surface area contributed by atoms with Gasteiger partial charge < -0.3 is 4.74 Å². The molecule has 5 heteroatoms. The van der Waals surface area contributed by atoms with E-state index >= 15 is 0 Å². The quantitative estimate of drug-likeness (QED) is 0.705. The van der Waals surface area contributed by atoms with E-state index in [0.717, 1.165) is 11.0 Å². The van der Waals surface area contributed by atoms with Gasteiger partial charge in [-0.1, -0.05) is 18.2 Å².